The van der Waals surface area contributed by atoms with Crippen LogP contribution in [0.2, 0.25) is 0 Å². The molecule has 8 heteroatoms. The Labute approximate surface area is 183 Å². The van der Waals surface area contributed by atoms with E-state index >= 15 is 0 Å². The lowest BCUT2D eigenvalue weighted by atomic mass is 9.83. The van der Waals surface area contributed by atoms with Gasteiger partial charge in [0.15, 0.2) is 0 Å². The number of fused-ring (bicyclic) bond motifs is 1. The molecule has 4 rings (SSSR count). The summed E-state index contributed by atoms with van der Waals surface area (Å²) in [4.78, 5) is 52.2. The van der Waals surface area contributed by atoms with E-state index in [1.807, 2.05) is 0 Å². The summed E-state index contributed by atoms with van der Waals surface area (Å²) in [6.45, 7) is 4.75. The van der Waals surface area contributed by atoms with Gasteiger partial charge in [-0.2, -0.15) is 0 Å². The fourth-order valence-electron chi connectivity index (χ4n) is 6.05. The number of primary amides is 1. The number of nitrogens with two attached hydrogens (primary N) is 2. The van der Waals surface area contributed by atoms with Crippen LogP contribution in [0.4, 0.5) is 0 Å². The van der Waals surface area contributed by atoms with Gasteiger partial charge in [0.25, 0.3) is 5.91 Å². The van der Waals surface area contributed by atoms with Crippen molar-refractivity contribution in [3.05, 3.63) is 0 Å². The molecule has 4 fully saturated rings. The highest BCUT2D eigenvalue weighted by Crippen LogP contribution is 2.65. The van der Waals surface area contributed by atoms with E-state index in [0.717, 1.165) is 38.5 Å². The van der Waals surface area contributed by atoms with Gasteiger partial charge in [-0.1, -0.05) is 46.0 Å². The largest absolute Gasteiger partial charge is 0.363 e. The molecule has 1 unspecified atom stereocenters. The minimum Gasteiger partial charge on any atom is -0.363 e. The quantitative estimate of drug-likeness (QED) is 0.486. The zero-order valence-electron chi connectivity index (χ0n) is 18.6. The van der Waals surface area contributed by atoms with E-state index in [-0.39, 0.29) is 35.0 Å². The van der Waals surface area contributed by atoms with Gasteiger partial charge in [-0.05, 0) is 48.3 Å². The summed E-state index contributed by atoms with van der Waals surface area (Å²) in [5, 5.41) is 2.79. The second kappa shape index (κ2) is 8.19. The lowest BCUT2D eigenvalue weighted by Gasteiger charge is -2.35. The molecule has 4 aliphatic rings. The van der Waals surface area contributed by atoms with E-state index in [1.54, 1.807) is 4.90 Å². The van der Waals surface area contributed by atoms with Gasteiger partial charge in [0.2, 0.25) is 17.6 Å². The van der Waals surface area contributed by atoms with Crippen molar-refractivity contribution in [2.75, 3.05) is 6.54 Å². The van der Waals surface area contributed by atoms with Gasteiger partial charge < -0.3 is 21.7 Å². The van der Waals surface area contributed by atoms with Crippen LogP contribution in [0.1, 0.15) is 65.2 Å². The molecule has 5 atom stereocenters. The van der Waals surface area contributed by atoms with Crippen LogP contribution in [0.3, 0.4) is 0 Å². The maximum absolute atomic E-state index is 13.4. The first-order valence-electron chi connectivity index (χ1n) is 11.8. The first-order chi connectivity index (χ1) is 14.6. The summed E-state index contributed by atoms with van der Waals surface area (Å²) < 4.78 is 0. The molecule has 1 heterocycles. The van der Waals surface area contributed by atoms with E-state index in [4.69, 9.17) is 11.5 Å². The second-order valence-corrected chi connectivity index (χ2v) is 10.8. The standard InChI is InChI=1S/C23H36N4O4/c1-23(2)14-11-27(22(31)17(24)13-6-4-3-5-7-13)18(16(14)23)21(30)26-15(10-12-8-9-12)19(28)20(25)29/h12-18H,3-11,24H2,1-2H3,(H2,25,29)(H,26,30)/t14-,15?,16-,17-,18-/m0/s1. The molecule has 3 amide bonds. The molecule has 3 saturated carbocycles. The van der Waals surface area contributed by atoms with Gasteiger partial charge >= 0.3 is 0 Å². The molecular formula is C23H36N4O4. The van der Waals surface area contributed by atoms with Crippen LogP contribution < -0.4 is 16.8 Å². The number of rotatable bonds is 8. The molecule has 0 bridgehead atoms. The monoisotopic (exact) mass is 432 g/mol. The Hall–Kier alpha value is -1.96. The van der Waals surface area contributed by atoms with E-state index in [2.05, 4.69) is 19.2 Å². The van der Waals surface area contributed by atoms with Crippen LogP contribution >= 0.6 is 0 Å². The molecule has 1 saturated heterocycles. The predicted molar refractivity (Wildman–Crippen MR) is 114 cm³/mol. The number of hydrogen-bond donors (Lipinski definition) is 3. The Bertz CT molecular complexity index is 772. The van der Waals surface area contributed by atoms with Crippen molar-refractivity contribution in [2.45, 2.75) is 83.3 Å². The third-order valence-electron chi connectivity index (χ3n) is 8.34. The van der Waals surface area contributed by atoms with Gasteiger partial charge in [-0.3, -0.25) is 19.2 Å². The molecule has 0 aromatic carbocycles. The van der Waals surface area contributed by atoms with Crippen LogP contribution in [0.25, 0.3) is 0 Å². The van der Waals surface area contributed by atoms with Crippen LogP contribution in [-0.4, -0.2) is 53.1 Å². The van der Waals surface area contributed by atoms with Crippen molar-refractivity contribution in [3.8, 4) is 0 Å². The summed E-state index contributed by atoms with van der Waals surface area (Å²) in [7, 11) is 0. The number of ketones is 1. The van der Waals surface area contributed by atoms with Gasteiger partial charge in [0, 0.05) is 6.54 Å². The first kappa shape index (κ1) is 22.2. The van der Waals surface area contributed by atoms with Crippen molar-refractivity contribution in [1.29, 1.82) is 0 Å². The Balaban J connectivity index is 1.49. The third kappa shape index (κ3) is 4.23. The van der Waals surface area contributed by atoms with Crippen LogP contribution in [-0.2, 0) is 19.2 Å². The molecule has 0 spiro atoms. The minimum absolute atomic E-state index is 0.0343. The van der Waals surface area contributed by atoms with Gasteiger partial charge in [0.1, 0.15) is 6.04 Å². The lowest BCUT2D eigenvalue weighted by molar-refractivity contribution is -0.144. The number of carbonyl (C=O) groups excluding carboxylic acids is 4. The number of nitrogens with zero attached hydrogens (tertiary/aromatic N) is 1. The molecule has 5 N–H and O–H groups in total. The zero-order chi connectivity index (χ0) is 22.5. The van der Waals surface area contributed by atoms with Crippen molar-refractivity contribution in [1.82, 2.24) is 10.2 Å². The molecule has 1 aliphatic heterocycles. The maximum atomic E-state index is 13.4. The Morgan fingerprint density at radius 3 is 2.29 bits per heavy atom. The summed E-state index contributed by atoms with van der Waals surface area (Å²) in [5.74, 6) is -1.53. The Morgan fingerprint density at radius 2 is 1.71 bits per heavy atom. The highest BCUT2D eigenvalue weighted by molar-refractivity contribution is 6.37. The van der Waals surface area contributed by atoms with Crippen LogP contribution in [0.15, 0.2) is 0 Å². The number of piperidine rings is 1. The van der Waals surface area contributed by atoms with Crippen molar-refractivity contribution in [2.24, 2.45) is 40.6 Å². The Morgan fingerprint density at radius 1 is 1.06 bits per heavy atom. The number of amides is 3. The molecule has 8 nitrogen and oxygen atoms in total. The third-order valence-corrected chi connectivity index (χ3v) is 8.34. The topological polar surface area (TPSA) is 136 Å². The molecule has 3 aliphatic carbocycles. The number of likely N-dealkylation sites (tertiary alicyclic amines) is 1. The first-order valence-corrected chi connectivity index (χ1v) is 11.8. The SMILES string of the molecule is CC1(C)[C@@H]2[C@@H](C(=O)NC(CC3CC3)C(=O)C(N)=O)N(C(=O)[C@@H](N)C3CCCCC3)C[C@@H]21. The fraction of sp³-hybridized carbons (Fsp3) is 0.826. The van der Waals surface area contributed by atoms with E-state index in [1.165, 1.54) is 6.42 Å². The highest BCUT2D eigenvalue weighted by Gasteiger charge is 2.69. The fourth-order valence-corrected chi connectivity index (χ4v) is 6.05. The number of nitrogens with one attached hydrogen (secondary N) is 1. The average molecular weight is 433 g/mol. The number of Topliss-reactive ketones (excluding diaryl/α,β-unsaturated/α-hetero) is 1. The number of carbonyl (C=O) groups is 4. The van der Waals surface area contributed by atoms with E-state index in [0.29, 0.717) is 18.9 Å². The van der Waals surface area contributed by atoms with Gasteiger partial charge in [-0.15, -0.1) is 0 Å². The zero-order valence-corrected chi connectivity index (χ0v) is 18.6. The molecule has 0 radical (unpaired) electrons. The van der Waals surface area contributed by atoms with Crippen molar-refractivity contribution >= 4 is 23.5 Å². The molecular weight excluding hydrogens is 396 g/mol. The predicted octanol–water partition coefficient (Wildman–Crippen LogP) is 0.716. The summed E-state index contributed by atoms with van der Waals surface area (Å²) in [5.41, 5.74) is 11.6. The lowest BCUT2D eigenvalue weighted by Crippen LogP contribution is -2.58. The minimum atomic E-state index is -1.03. The average Bonchev–Trinajstić information content (AvgIpc) is 3.59. The maximum Gasteiger partial charge on any atom is 0.287 e. The van der Waals surface area contributed by atoms with E-state index < -0.39 is 29.8 Å². The molecule has 0 aromatic rings. The van der Waals surface area contributed by atoms with Crippen molar-refractivity contribution < 1.29 is 19.2 Å². The normalized spacial score (nSPS) is 31.5. The summed E-state index contributed by atoms with van der Waals surface area (Å²) >= 11 is 0. The van der Waals surface area contributed by atoms with Crippen molar-refractivity contribution in [3.63, 3.8) is 0 Å². The molecule has 31 heavy (non-hydrogen) atoms. The van der Waals surface area contributed by atoms with Gasteiger partial charge in [-0.25, -0.2) is 0 Å². The van der Waals surface area contributed by atoms with Crippen LogP contribution in [0.5, 0.6) is 0 Å². The number of hydrogen-bond acceptors (Lipinski definition) is 5. The van der Waals surface area contributed by atoms with Gasteiger partial charge in [0.05, 0.1) is 12.1 Å². The summed E-state index contributed by atoms with van der Waals surface area (Å²) in [6, 6.07) is -2.15. The smallest absolute Gasteiger partial charge is 0.287 e. The molecule has 0 aromatic heterocycles. The van der Waals surface area contributed by atoms with Crippen LogP contribution in [0, 0.1) is 29.1 Å². The highest BCUT2D eigenvalue weighted by atomic mass is 16.2. The Kier molecular flexibility index (Phi) is 5.87. The van der Waals surface area contributed by atoms with E-state index in [9.17, 15) is 19.2 Å². The second-order valence-electron chi connectivity index (χ2n) is 10.8. The molecule has 172 valence electrons. The summed E-state index contributed by atoms with van der Waals surface area (Å²) in [6.07, 6.45) is 7.66.